The highest BCUT2D eigenvalue weighted by Gasteiger charge is 2.04. The van der Waals surface area contributed by atoms with E-state index in [1.54, 1.807) is 7.11 Å². The number of anilines is 2. The number of nitrogens with zero attached hydrogens (tertiary/aromatic N) is 1. The second-order valence-electron chi connectivity index (χ2n) is 6.37. The summed E-state index contributed by atoms with van der Waals surface area (Å²) in [5.74, 6) is 1.82. The van der Waals surface area contributed by atoms with Gasteiger partial charge in [-0.1, -0.05) is 39.0 Å². The lowest BCUT2D eigenvalue weighted by molar-refractivity contribution is 0.304. The molecule has 0 unspecified atom stereocenters. The Labute approximate surface area is 152 Å². The lowest BCUT2D eigenvalue weighted by Crippen LogP contribution is -2.09. The Morgan fingerprint density at radius 2 is 1.24 bits per heavy atom. The number of rotatable bonds is 11. The van der Waals surface area contributed by atoms with E-state index >= 15 is 0 Å². The van der Waals surface area contributed by atoms with Crippen molar-refractivity contribution in [2.45, 2.75) is 45.4 Å². The van der Waals surface area contributed by atoms with Gasteiger partial charge in [0.2, 0.25) is 0 Å². The van der Waals surface area contributed by atoms with E-state index in [2.05, 4.69) is 43.1 Å². The molecule has 3 heteroatoms. The summed E-state index contributed by atoms with van der Waals surface area (Å²) in [5, 5.41) is 0. The molecule has 0 aromatic heterocycles. The van der Waals surface area contributed by atoms with E-state index in [1.807, 2.05) is 24.3 Å². The minimum Gasteiger partial charge on any atom is -0.497 e. The van der Waals surface area contributed by atoms with E-state index in [1.165, 1.54) is 32.1 Å². The van der Waals surface area contributed by atoms with E-state index in [0.29, 0.717) is 0 Å². The molecule has 2 rings (SSSR count). The minimum atomic E-state index is 0.805. The summed E-state index contributed by atoms with van der Waals surface area (Å²) in [6.07, 6.45) is 7.72. The molecule has 0 aliphatic rings. The summed E-state index contributed by atoms with van der Waals surface area (Å²) in [7, 11) is 3.75. The fourth-order valence-electron chi connectivity index (χ4n) is 2.79. The normalized spacial score (nSPS) is 10.5. The zero-order valence-corrected chi connectivity index (χ0v) is 15.8. The molecule has 0 fully saturated rings. The topological polar surface area (TPSA) is 21.7 Å². The summed E-state index contributed by atoms with van der Waals surface area (Å²) in [4.78, 5) is 2.15. The molecular formula is C22H31NO2. The van der Waals surface area contributed by atoms with Crippen LogP contribution < -0.4 is 14.4 Å². The van der Waals surface area contributed by atoms with Crippen LogP contribution in [-0.4, -0.2) is 20.8 Å². The molecule has 2 aromatic rings. The van der Waals surface area contributed by atoms with Crippen LogP contribution in [0.2, 0.25) is 0 Å². The van der Waals surface area contributed by atoms with Crippen LogP contribution in [0.1, 0.15) is 45.4 Å². The van der Waals surface area contributed by atoms with Crippen molar-refractivity contribution < 1.29 is 9.47 Å². The van der Waals surface area contributed by atoms with Gasteiger partial charge in [0.25, 0.3) is 0 Å². The van der Waals surface area contributed by atoms with Gasteiger partial charge in [-0.25, -0.2) is 0 Å². The van der Waals surface area contributed by atoms with Gasteiger partial charge in [-0.3, -0.25) is 0 Å². The van der Waals surface area contributed by atoms with Gasteiger partial charge in [0.15, 0.2) is 0 Å². The van der Waals surface area contributed by atoms with E-state index in [4.69, 9.17) is 9.47 Å². The first kappa shape index (κ1) is 19.2. The van der Waals surface area contributed by atoms with Crippen molar-refractivity contribution >= 4 is 11.4 Å². The lowest BCUT2D eigenvalue weighted by atomic mass is 10.1. The quantitative estimate of drug-likeness (QED) is 0.454. The fraction of sp³-hybridized carbons (Fsp3) is 0.455. The van der Waals surface area contributed by atoms with Gasteiger partial charge in [-0.2, -0.15) is 0 Å². The highest BCUT2D eigenvalue weighted by atomic mass is 16.5. The van der Waals surface area contributed by atoms with Gasteiger partial charge >= 0.3 is 0 Å². The largest absolute Gasteiger partial charge is 0.497 e. The maximum Gasteiger partial charge on any atom is 0.119 e. The Morgan fingerprint density at radius 1 is 0.720 bits per heavy atom. The molecular weight excluding hydrogens is 310 g/mol. The molecule has 0 radical (unpaired) electrons. The van der Waals surface area contributed by atoms with Crippen LogP contribution in [0.5, 0.6) is 11.5 Å². The molecule has 0 aliphatic heterocycles. The first-order valence-electron chi connectivity index (χ1n) is 9.35. The molecule has 2 aromatic carbocycles. The number of unbranched alkanes of at least 4 members (excludes halogenated alkanes) is 5. The molecule has 25 heavy (non-hydrogen) atoms. The standard InChI is InChI=1S/C22H31NO2/c1-4-5-6-7-8-9-18-25-22-16-12-20(13-17-22)23(2)19-10-14-21(24-3)15-11-19/h10-17H,4-9,18H2,1-3H3. The third kappa shape index (κ3) is 6.33. The predicted molar refractivity (Wildman–Crippen MR) is 106 cm³/mol. The highest BCUT2D eigenvalue weighted by Crippen LogP contribution is 2.27. The molecule has 0 N–H and O–H groups in total. The van der Waals surface area contributed by atoms with Gasteiger partial charge < -0.3 is 14.4 Å². The molecule has 0 atom stereocenters. The monoisotopic (exact) mass is 341 g/mol. The molecule has 3 nitrogen and oxygen atoms in total. The first-order chi connectivity index (χ1) is 12.2. The van der Waals surface area contributed by atoms with Gasteiger partial charge in [-0.05, 0) is 55.0 Å². The van der Waals surface area contributed by atoms with Crippen molar-refractivity contribution in [1.82, 2.24) is 0 Å². The smallest absolute Gasteiger partial charge is 0.119 e. The zero-order valence-electron chi connectivity index (χ0n) is 15.8. The molecule has 0 saturated carbocycles. The maximum absolute atomic E-state index is 5.85. The Morgan fingerprint density at radius 3 is 1.80 bits per heavy atom. The van der Waals surface area contributed by atoms with Crippen LogP contribution in [0.25, 0.3) is 0 Å². The average molecular weight is 341 g/mol. The molecule has 0 heterocycles. The number of hydrogen-bond acceptors (Lipinski definition) is 3. The number of methoxy groups -OCH3 is 1. The Hall–Kier alpha value is -2.16. The molecule has 0 aliphatic carbocycles. The zero-order chi connectivity index (χ0) is 17.9. The first-order valence-corrected chi connectivity index (χ1v) is 9.35. The molecule has 0 saturated heterocycles. The van der Waals surface area contributed by atoms with Crippen LogP contribution in [0.3, 0.4) is 0 Å². The van der Waals surface area contributed by atoms with Gasteiger partial charge in [0.05, 0.1) is 13.7 Å². The third-order valence-corrected chi connectivity index (χ3v) is 4.45. The van der Waals surface area contributed by atoms with E-state index in [-0.39, 0.29) is 0 Å². The van der Waals surface area contributed by atoms with Crippen molar-refractivity contribution in [3.63, 3.8) is 0 Å². The van der Waals surface area contributed by atoms with Crippen LogP contribution in [0, 0.1) is 0 Å². The fourth-order valence-corrected chi connectivity index (χ4v) is 2.79. The number of benzene rings is 2. The lowest BCUT2D eigenvalue weighted by Gasteiger charge is -2.20. The van der Waals surface area contributed by atoms with Crippen molar-refractivity contribution in [2.24, 2.45) is 0 Å². The van der Waals surface area contributed by atoms with E-state index < -0.39 is 0 Å². The summed E-state index contributed by atoms with van der Waals surface area (Å²) >= 11 is 0. The van der Waals surface area contributed by atoms with Crippen LogP contribution in [-0.2, 0) is 0 Å². The Bertz CT molecular complexity index is 592. The Balaban J connectivity index is 1.78. The van der Waals surface area contributed by atoms with Crippen molar-refractivity contribution in [3.8, 4) is 11.5 Å². The van der Waals surface area contributed by atoms with Crippen molar-refractivity contribution in [2.75, 3.05) is 25.7 Å². The molecule has 136 valence electrons. The van der Waals surface area contributed by atoms with Gasteiger partial charge in [-0.15, -0.1) is 0 Å². The average Bonchev–Trinajstić information content (AvgIpc) is 2.67. The number of hydrogen-bond donors (Lipinski definition) is 0. The second kappa shape index (κ2) is 10.7. The second-order valence-corrected chi connectivity index (χ2v) is 6.37. The van der Waals surface area contributed by atoms with Gasteiger partial charge in [0.1, 0.15) is 11.5 Å². The molecule has 0 bridgehead atoms. The van der Waals surface area contributed by atoms with E-state index in [0.717, 1.165) is 35.9 Å². The summed E-state index contributed by atoms with van der Waals surface area (Å²) in [5.41, 5.74) is 2.26. The van der Waals surface area contributed by atoms with Gasteiger partial charge in [0, 0.05) is 18.4 Å². The highest BCUT2D eigenvalue weighted by molar-refractivity contribution is 5.63. The minimum absolute atomic E-state index is 0.805. The molecule has 0 amide bonds. The SMILES string of the molecule is CCCCCCCCOc1ccc(N(C)c2ccc(OC)cc2)cc1. The molecule has 0 spiro atoms. The summed E-state index contributed by atoms with van der Waals surface area (Å²) < 4.78 is 11.1. The van der Waals surface area contributed by atoms with Crippen LogP contribution in [0.4, 0.5) is 11.4 Å². The van der Waals surface area contributed by atoms with Crippen molar-refractivity contribution in [1.29, 1.82) is 0 Å². The van der Waals surface area contributed by atoms with Crippen LogP contribution >= 0.6 is 0 Å². The maximum atomic E-state index is 5.85. The number of ether oxygens (including phenoxy) is 2. The van der Waals surface area contributed by atoms with E-state index in [9.17, 15) is 0 Å². The third-order valence-electron chi connectivity index (χ3n) is 4.45. The van der Waals surface area contributed by atoms with Crippen LogP contribution in [0.15, 0.2) is 48.5 Å². The Kier molecular flexibility index (Phi) is 8.17. The predicted octanol–water partition coefficient (Wildman–Crippen LogP) is 6.20. The summed E-state index contributed by atoms with van der Waals surface area (Å²) in [6, 6.07) is 16.4. The van der Waals surface area contributed by atoms with Crippen molar-refractivity contribution in [3.05, 3.63) is 48.5 Å². The summed E-state index contributed by atoms with van der Waals surface area (Å²) in [6.45, 7) is 3.05.